The SMILES string of the molecule is CC(CC(F)(F)F)NCCOc1ccccc1. The van der Waals surface area contributed by atoms with E-state index in [1.54, 1.807) is 12.1 Å². The summed E-state index contributed by atoms with van der Waals surface area (Å²) in [5.74, 6) is 0.720. The Morgan fingerprint density at radius 3 is 2.47 bits per heavy atom. The van der Waals surface area contributed by atoms with E-state index in [4.69, 9.17) is 4.74 Å². The summed E-state index contributed by atoms with van der Waals surface area (Å²) in [4.78, 5) is 0. The fourth-order valence-corrected chi connectivity index (χ4v) is 1.41. The second kappa shape index (κ2) is 6.49. The van der Waals surface area contributed by atoms with Crippen molar-refractivity contribution in [3.8, 4) is 5.75 Å². The Kier molecular flexibility index (Phi) is 5.28. The number of rotatable bonds is 6. The van der Waals surface area contributed by atoms with Gasteiger partial charge in [0.05, 0.1) is 6.42 Å². The zero-order valence-corrected chi connectivity index (χ0v) is 9.63. The predicted molar refractivity (Wildman–Crippen MR) is 60.1 cm³/mol. The molecule has 0 spiro atoms. The number of ether oxygens (including phenoxy) is 1. The van der Waals surface area contributed by atoms with Crippen LogP contribution in [0.15, 0.2) is 30.3 Å². The van der Waals surface area contributed by atoms with Crippen molar-refractivity contribution in [3.63, 3.8) is 0 Å². The zero-order chi connectivity index (χ0) is 12.7. The van der Waals surface area contributed by atoms with E-state index >= 15 is 0 Å². The van der Waals surface area contributed by atoms with E-state index < -0.39 is 18.6 Å². The maximum absolute atomic E-state index is 12.0. The molecule has 5 heteroatoms. The highest BCUT2D eigenvalue weighted by molar-refractivity contribution is 5.20. The first-order chi connectivity index (χ1) is 7.97. The Morgan fingerprint density at radius 1 is 1.24 bits per heavy atom. The van der Waals surface area contributed by atoms with Gasteiger partial charge in [-0.2, -0.15) is 13.2 Å². The molecule has 96 valence electrons. The summed E-state index contributed by atoms with van der Waals surface area (Å²) < 4.78 is 41.4. The number of nitrogens with one attached hydrogen (secondary N) is 1. The zero-order valence-electron chi connectivity index (χ0n) is 9.63. The average Bonchev–Trinajstić information content (AvgIpc) is 2.23. The van der Waals surface area contributed by atoms with Crippen LogP contribution >= 0.6 is 0 Å². The molecule has 2 nitrogen and oxygen atoms in total. The predicted octanol–water partition coefficient (Wildman–Crippen LogP) is 3.00. The van der Waals surface area contributed by atoms with Crippen molar-refractivity contribution in [1.82, 2.24) is 5.32 Å². The monoisotopic (exact) mass is 247 g/mol. The molecule has 0 aromatic heterocycles. The molecule has 1 N–H and O–H groups in total. The first-order valence-electron chi connectivity index (χ1n) is 5.45. The molecule has 0 amide bonds. The third-order valence-electron chi connectivity index (χ3n) is 2.14. The van der Waals surface area contributed by atoms with Crippen LogP contribution in [0.5, 0.6) is 5.75 Å². The van der Waals surface area contributed by atoms with Crippen LogP contribution in [-0.4, -0.2) is 25.4 Å². The number of benzene rings is 1. The lowest BCUT2D eigenvalue weighted by Crippen LogP contribution is -2.33. The van der Waals surface area contributed by atoms with Gasteiger partial charge in [0.15, 0.2) is 0 Å². The molecule has 0 bridgehead atoms. The van der Waals surface area contributed by atoms with E-state index in [0.29, 0.717) is 13.2 Å². The van der Waals surface area contributed by atoms with Gasteiger partial charge < -0.3 is 10.1 Å². The van der Waals surface area contributed by atoms with Crippen molar-refractivity contribution in [2.75, 3.05) is 13.2 Å². The van der Waals surface area contributed by atoms with Gasteiger partial charge in [0.2, 0.25) is 0 Å². The molecule has 0 fully saturated rings. The molecule has 1 aromatic carbocycles. The summed E-state index contributed by atoms with van der Waals surface area (Å²) in [6.45, 7) is 2.26. The molecule has 0 saturated carbocycles. The van der Waals surface area contributed by atoms with E-state index in [-0.39, 0.29) is 0 Å². The fraction of sp³-hybridized carbons (Fsp3) is 0.500. The van der Waals surface area contributed by atoms with Crippen LogP contribution in [0.2, 0.25) is 0 Å². The van der Waals surface area contributed by atoms with Crippen LogP contribution in [0.4, 0.5) is 13.2 Å². The Labute approximate surface area is 98.8 Å². The lowest BCUT2D eigenvalue weighted by molar-refractivity contribution is -0.139. The first-order valence-corrected chi connectivity index (χ1v) is 5.45. The van der Waals surface area contributed by atoms with Crippen molar-refractivity contribution in [3.05, 3.63) is 30.3 Å². The van der Waals surface area contributed by atoms with Gasteiger partial charge in [0, 0.05) is 12.6 Å². The standard InChI is InChI=1S/C12H16F3NO/c1-10(9-12(13,14)15)16-7-8-17-11-5-3-2-4-6-11/h2-6,10,16H,7-9H2,1H3. The van der Waals surface area contributed by atoms with Crippen LogP contribution in [0.1, 0.15) is 13.3 Å². The maximum Gasteiger partial charge on any atom is 0.390 e. The average molecular weight is 247 g/mol. The summed E-state index contributed by atoms with van der Waals surface area (Å²) >= 11 is 0. The minimum Gasteiger partial charge on any atom is -0.492 e. The third kappa shape index (κ3) is 6.84. The molecule has 17 heavy (non-hydrogen) atoms. The summed E-state index contributed by atoms with van der Waals surface area (Å²) in [6, 6.07) is 8.58. The van der Waals surface area contributed by atoms with Gasteiger partial charge in [-0.15, -0.1) is 0 Å². The van der Waals surface area contributed by atoms with Crippen LogP contribution in [0.25, 0.3) is 0 Å². The van der Waals surface area contributed by atoms with Crippen molar-refractivity contribution in [2.24, 2.45) is 0 Å². The van der Waals surface area contributed by atoms with Gasteiger partial charge >= 0.3 is 6.18 Å². The molecule has 1 rings (SSSR count). The second-order valence-corrected chi connectivity index (χ2v) is 3.84. The van der Waals surface area contributed by atoms with Gasteiger partial charge in [-0.05, 0) is 19.1 Å². The van der Waals surface area contributed by atoms with E-state index in [1.807, 2.05) is 18.2 Å². The van der Waals surface area contributed by atoms with Gasteiger partial charge in [-0.1, -0.05) is 18.2 Å². The normalized spacial score (nSPS) is 13.4. The Morgan fingerprint density at radius 2 is 1.88 bits per heavy atom. The van der Waals surface area contributed by atoms with E-state index in [9.17, 15) is 13.2 Å². The first kappa shape index (κ1) is 13.8. The number of para-hydroxylation sites is 1. The topological polar surface area (TPSA) is 21.3 Å². The number of hydrogen-bond donors (Lipinski definition) is 1. The van der Waals surface area contributed by atoms with Crippen LogP contribution in [0, 0.1) is 0 Å². The molecular formula is C12H16F3NO. The van der Waals surface area contributed by atoms with Gasteiger partial charge in [-0.25, -0.2) is 0 Å². The second-order valence-electron chi connectivity index (χ2n) is 3.84. The van der Waals surface area contributed by atoms with Crippen LogP contribution in [-0.2, 0) is 0 Å². The summed E-state index contributed by atoms with van der Waals surface area (Å²) in [7, 11) is 0. The third-order valence-corrected chi connectivity index (χ3v) is 2.14. The minimum atomic E-state index is -4.12. The van der Waals surface area contributed by atoms with Crippen molar-refractivity contribution in [2.45, 2.75) is 25.6 Å². The van der Waals surface area contributed by atoms with Crippen LogP contribution < -0.4 is 10.1 Å². The van der Waals surface area contributed by atoms with Gasteiger partial charge in [0.1, 0.15) is 12.4 Å². The molecule has 0 radical (unpaired) electrons. The maximum atomic E-state index is 12.0. The molecule has 0 aliphatic carbocycles. The Hall–Kier alpha value is -1.23. The Balaban J connectivity index is 2.12. The Bertz CT molecular complexity index is 313. The highest BCUT2D eigenvalue weighted by Crippen LogP contribution is 2.21. The van der Waals surface area contributed by atoms with Gasteiger partial charge in [0.25, 0.3) is 0 Å². The lowest BCUT2D eigenvalue weighted by Gasteiger charge is -2.15. The molecule has 0 saturated heterocycles. The molecule has 0 aliphatic heterocycles. The fourth-order valence-electron chi connectivity index (χ4n) is 1.41. The van der Waals surface area contributed by atoms with Crippen LogP contribution in [0.3, 0.4) is 0 Å². The van der Waals surface area contributed by atoms with Gasteiger partial charge in [-0.3, -0.25) is 0 Å². The summed E-state index contributed by atoms with van der Waals surface area (Å²) in [5, 5.41) is 2.76. The summed E-state index contributed by atoms with van der Waals surface area (Å²) in [5.41, 5.74) is 0. The molecule has 0 aliphatic rings. The highest BCUT2D eigenvalue weighted by atomic mass is 19.4. The molecule has 1 aromatic rings. The molecular weight excluding hydrogens is 231 g/mol. The summed E-state index contributed by atoms with van der Waals surface area (Å²) in [6.07, 6.45) is -4.94. The molecule has 1 unspecified atom stereocenters. The van der Waals surface area contributed by atoms with Crippen molar-refractivity contribution >= 4 is 0 Å². The largest absolute Gasteiger partial charge is 0.492 e. The van der Waals surface area contributed by atoms with E-state index in [1.165, 1.54) is 6.92 Å². The van der Waals surface area contributed by atoms with Crippen molar-refractivity contribution in [1.29, 1.82) is 0 Å². The number of hydrogen-bond acceptors (Lipinski definition) is 2. The lowest BCUT2D eigenvalue weighted by atomic mass is 10.2. The van der Waals surface area contributed by atoms with E-state index in [2.05, 4.69) is 5.32 Å². The quantitative estimate of drug-likeness (QED) is 0.780. The smallest absolute Gasteiger partial charge is 0.390 e. The number of halogens is 3. The molecule has 1 atom stereocenters. The molecule has 0 heterocycles. The van der Waals surface area contributed by atoms with Crippen molar-refractivity contribution < 1.29 is 17.9 Å². The van der Waals surface area contributed by atoms with E-state index in [0.717, 1.165) is 5.75 Å². The minimum absolute atomic E-state index is 0.353. The highest BCUT2D eigenvalue weighted by Gasteiger charge is 2.29. The number of alkyl halides is 3.